The van der Waals surface area contributed by atoms with Gasteiger partial charge in [-0.3, -0.25) is 4.90 Å². The van der Waals surface area contributed by atoms with Crippen molar-refractivity contribution in [1.82, 2.24) is 4.57 Å². The summed E-state index contributed by atoms with van der Waals surface area (Å²) in [6.45, 7) is 9.73. The minimum absolute atomic E-state index is 0.289. The van der Waals surface area contributed by atoms with E-state index in [1.165, 1.54) is 88.2 Å². The number of benzene rings is 4. The number of ether oxygens (including phenoxy) is 1. The fourth-order valence-corrected chi connectivity index (χ4v) is 8.29. The van der Waals surface area contributed by atoms with Crippen molar-refractivity contribution in [3.05, 3.63) is 131 Å². The van der Waals surface area contributed by atoms with E-state index >= 15 is 0 Å². The molecule has 0 amide bonds. The maximum Gasteiger partial charge on any atom is 0.341 e. The van der Waals surface area contributed by atoms with Gasteiger partial charge in [0.05, 0.1) is 11.1 Å². The van der Waals surface area contributed by atoms with Crippen LogP contribution >= 0.6 is 0 Å². The van der Waals surface area contributed by atoms with E-state index in [2.05, 4.69) is 116 Å². The largest absolute Gasteiger partial charge is 0.426 e. The van der Waals surface area contributed by atoms with Crippen molar-refractivity contribution < 1.29 is 9.53 Å². The van der Waals surface area contributed by atoms with Crippen LogP contribution in [-0.4, -0.2) is 10.5 Å². The fourth-order valence-electron chi connectivity index (χ4n) is 8.29. The quantitative estimate of drug-likeness (QED) is 0.0642. The molecule has 1 aliphatic heterocycles. The highest BCUT2D eigenvalue weighted by molar-refractivity contribution is 5.99. The average molecular weight is 683 g/mol. The molecule has 0 radical (unpaired) electrons. The first-order valence-corrected chi connectivity index (χ1v) is 19.9. The van der Waals surface area contributed by atoms with Crippen molar-refractivity contribution in [1.29, 1.82) is 0 Å². The normalized spacial score (nSPS) is 15.3. The molecule has 4 aromatic carbocycles. The zero-order valence-electron chi connectivity index (χ0n) is 31.6. The summed E-state index contributed by atoms with van der Waals surface area (Å²) in [4.78, 5) is 16.3. The Morgan fingerprint density at radius 2 is 1.12 bits per heavy atom. The van der Waals surface area contributed by atoms with Gasteiger partial charge in [-0.2, -0.15) is 0 Å². The van der Waals surface area contributed by atoms with E-state index in [1.54, 1.807) is 0 Å². The molecule has 6 rings (SSSR count). The number of hydrogen-bond acceptors (Lipinski definition) is 3. The SMILES string of the molecule is CCCCCCCCc1ccc(N(c2ccc(CCCCCCCC)cc2)C2(c3c(C)n(CC)c4ccccc34)OC(=O)c3ccccc32)cc1. The van der Waals surface area contributed by atoms with Crippen molar-refractivity contribution in [2.24, 2.45) is 0 Å². The molecule has 4 nitrogen and oxygen atoms in total. The van der Waals surface area contributed by atoms with Crippen molar-refractivity contribution >= 4 is 28.2 Å². The van der Waals surface area contributed by atoms with E-state index in [4.69, 9.17) is 4.74 Å². The van der Waals surface area contributed by atoms with Crippen LogP contribution in [0.4, 0.5) is 11.4 Å². The second-order valence-corrected chi connectivity index (χ2v) is 14.5. The maximum absolute atomic E-state index is 14.0. The molecular formula is C47H58N2O2. The standard InChI is InChI=1S/C47H58N2O2/c1-5-8-10-12-14-16-22-37-28-32-39(33-29-37)49(40-34-30-38(31-35-40)23-17-15-13-11-9-6-2)47(43-26-20-18-24-41(43)46(50)51-47)45-36(4)48(7-3)44-27-21-19-25-42(44)45/h18-21,24-35H,5-17,22-23H2,1-4H3. The third kappa shape index (κ3) is 7.66. The van der Waals surface area contributed by atoms with Gasteiger partial charge >= 0.3 is 5.97 Å². The number of para-hydroxylation sites is 1. The molecule has 4 heteroatoms. The van der Waals surface area contributed by atoms with Crippen LogP contribution in [0.2, 0.25) is 0 Å². The highest BCUT2D eigenvalue weighted by Crippen LogP contribution is 2.53. The second-order valence-electron chi connectivity index (χ2n) is 14.5. The molecule has 2 heterocycles. The molecule has 1 aromatic heterocycles. The number of fused-ring (bicyclic) bond motifs is 2. The summed E-state index contributed by atoms with van der Waals surface area (Å²) in [6, 6.07) is 34.6. The number of rotatable bonds is 19. The number of carbonyl (C=O) groups excluding carboxylic acids is 1. The molecule has 0 bridgehead atoms. The number of anilines is 2. The third-order valence-electron chi connectivity index (χ3n) is 11.0. The molecular weight excluding hydrogens is 625 g/mol. The Labute approximate surface area is 306 Å². The molecule has 0 saturated carbocycles. The van der Waals surface area contributed by atoms with Crippen molar-refractivity contribution in [2.45, 2.75) is 130 Å². The molecule has 0 N–H and O–H groups in total. The van der Waals surface area contributed by atoms with Gasteiger partial charge in [-0.25, -0.2) is 4.79 Å². The zero-order chi connectivity index (χ0) is 35.6. The average Bonchev–Trinajstić information content (AvgIpc) is 3.62. The number of nitrogens with zero attached hydrogens (tertiary/aromatic N) is 2. The first-order chi connectivity index (χ1) is 25.0. The van der Waals surface area contributed by atoms with Crippen LogP contribution in [0.5, 0.6) is 0 Å². The van der Waals surface area contributed by atoms with Gasteiger partial charge in [-0.05, 0) is 87.1 Å². The van der Waals surface area contributed by atoms with Crippen molar-refractivity contribution in [3.8, 4) is 0 Å². The monoisotopic (exact) mass is 682 g/mol. The second kappa shape index (κ2) is 17.3. The number of cyclic esters (lactones) is 1. The van der Waals surface area contributed by atoms with E-state index in [0.29, 0.717) is 5.56 Å². The summed E-state index contributed by atoms with van der Waals surface area (Å²) in [7, 11) is 0. The van der Waals surface area contributed by atoms with Crippen molar-refractivity contribution in [2.75, 3.05) is 4.90 Å². The number of unbranched alkanes of at least 4 members (excludes halogenated alkanes) is 10. The van der Waals surface area contributed by atoms with Gasteiger partial charge in [0.1, 0.15) is 0 Å². The molecule has 1 aliphatic rings. The van der Waals surface area contributed by atoms with Gasteiger partial charge in [0, 0.05) is 40.1 Å². The minimum Gasteiger partial charge on any atom is -0.426 e. The van der Waals surface area contributed by atoms with Crippen LogP contribution in [0.15, 0.2) is 97.1 Å². The van der Waals surface area contributed by atoms with Crippen LogP contribution in [0.3, 0.4) is 0 Å². The topological polar surface area (TPSA) is 34.5 Å². The highest BCUT2D eigenvalue weighted by atomic mass is 16.6. The molecule has 268 valence electrons. The molecule has 1 atom stereocenters. The van der Waals surface area contributed by atoms with E-state index in [9.17, 15) is 4.79 Å². The van der Waals surface area contributed by atoms with Gasteiger partial charge in [-0.15, -0.1) is 0 Å². The van der Waals surface area contributed by atoms with Crippen LogP contribution in [-0.2, 0) is 29.8 Å². The van der Waals surface area contributed by atoms with Gasteiger partial charge in [0.25, 0.3) is 0 Å². The van der Waals surface area contributed by atoms with Gasteiger partial charge < -0.3 is 9.30 Å². The Morgan fingerprint density at radius 1 is 0.608 bits per heavy atom. The molecule has 0 aliphatic carbocycles. The van der Waals surface area contributed by atoms with Crippen LogP contribution in [0.25, 0.3) is 10.9 Å². The van der Waals surface area contributed by atoms with E-state index < -0.39 is 5.72 Å². The number of aromatic nitrogens is 1. The summed E-state index contributed by atoms with van der Waals surface area (Å²) >= 11 is 0. The Balaban J connectivity index is 1.45. The Kier molecular flexibility index (Phi) is 12.4. The Bertz CT molecular complexity index is 1810. The lowest BCUT2D eigenvalue weighted by atomic mass is 9.88. The number of esters is 1. The summed E-state index contributed by atoms with van der Waals surface area (Å²) < 4.78 is 9.23. The lowest BCUT2D eigenvalue weighted by molar-refractivity contribution is 0.0136. The van der Waals surface area contributed by atoms with Gasteiger partial charge in [0.15, 0.2) is 0 Å². The molecule has 5 aromatic rings. The first-order valence-electron chi connectivity index (χ1n) is 19.9. The van der Waals surface area contributed by atoms with Gasteiger partial charge in [0.2, 0.25) is 5.72 Å². The van der Waals surface area contributed by atoms with E-state index in [-0.39, 0.29) is 5.97 Å². The van der Waals surface area contributed by atoms with Gasteiger partial charge in [-0.1, -0.05) is 139 Å². The van der Waals surface area contributed by atoms with Crippen LogP contribution in [0.1, 0.15) is 136 Å². The molecule has 1 unspecified atom stereocenters. The summed E-state index contributed by atoms with van der Waals surface area (Å²) in [5.41, 5.74) is 8.26. The highest BCUT2D eigenvalue weighted by Gasteiger charge is 2.54. The predicted molar refractivity (Wildman–Crippen MR) is 214 cm³/mol. The molecule has 0 fully saturated rings. The molecule has 51 heavy (non-hydrogen) atoms. The summed E-state index contributed by atoms with van der Waals surface area (Å²) in [6.07, 6.45) is 17.6. The number of aryl methyl sites for hydroxylation is 3. The molecule has 0 saturated heterocycles. The van der Waals surface area contributed by atoms with Crippen molar-refractivity contribution in [3.63, 3.8) is 0 Å². The fraction of sp³-hybridized carbons (Fsp3) is 0.426. The Hall–Kier alpha value is -4.31. The smallest absolute Gasteiger partial charge is 0.341 e. The predicted octanol–water partition coefficient (Wildman–Crippen LogP) is 13.0. The number of hydrogen-bond donors (Lipinski definition) is 0. The zero-order valence-corrected chi connectivity index (χ0v) is 31.6. The summed E-state index contributed by atoms with van der Waals surface area (Å²) in [5.74, 6) is -0.289. The maximum atomic E-state index is 14.0. The van der Waals surface area contributed by atoms with E-state index in [0.717, 1.165) is 58.5 Å². The Morgan fingerprint density at radius 3 is 1.69 bits per heavy atom. The lowest BCUT2D eigenvalue weighted by Crippen LogP contribution is -2.45. The molecule has 0 spiro atoms. The van der Waals surface area contributed by atoms with Crippen LogP contribution < -0.4 is 4.90 Å². The minimum atomic E-state index is -1.21. The van der Waals surface area contributed by atoms with E-state index in [1.807, 2.05) is 18.2 Å². The summed E-state index contributed by atoms with van der Waals surface area (Å²) in [5, 5.41) is 1.10. The lowest BCUT2D eigenvalue weighted by Gasteiger charge is -2.42. The first kappa shape index (κ1) is 36.5. The third-order valence-corrected chi connectivity index (χ3v) is 11.0. The van der Waals surface area contributed by atoms with Crippen LogP contribution in [0, 0.1) is 6.92 Å². The number of carbonyl (C=O) groups is 1.